The summed E-state index contributed by atoms with van der Waals surface area (Å²) in [5.74, 6) is -0.103. The summed E-state index contributed by atoms with van der Waals surface area (Å²) < 4.78 is 19.1. The number of H-pyrrole nitrogens is 1. The van der Waals surface area contributed by atoms with Crippen LogP contribution in [0, 0.1) is 12.7 Å². The minimum absolute atomic E-state index is 0.114. The predicted molar refractivity (Wildman–Crippen MR) is 112 cm³/mol. The van der Waals surface area contributed by atoms with Crippen LogP contribution in [-0.2, 0) is 17.9 Å². The van der Waals surface area contributed by atoms with Crippen molar-refractivity contribution in [1.82, 2.24) is 20.0 Å². The Hall–Kier alpha value is -3.19. The maximum Gasteiger partial charge on any atom is 0.237 e. The summed E-state index contributed by atoms with van der Waals surface area (Å²) in [6.45, 7) is 5.07. The number of nitrogens with zero attached hydrogens (tertiary/aromatic N) is 3. The van der Waals surface area contributed by atoms with Gasteiger partial charge in [-0.3, -0.25) is 14.8 Å². The molecule has 0 spiro atoms. The molecule has 30 heavy (non-hydrogen) atoms. The SMILES string of the molecule is COc1ccc(-c2[nH]ncc2CN2CCN(Cc3cccc(C)c3)C(=O)C2)cc1F. The standard InChI is InChI=1S/C23H25FN4O2/c1-16-4-3-5-17(10-16)13-28-9-8-27(15-22(28)29)14-19-12-25-26-23(19)18-6-7-21(30-2)20(24)11-18/h3-7,10-12H,8-9,13-15H2,1-2H3,(H,25,26). The number of amides is 1. The van der Waals surface area contributed by atoms with E-state index >= 15 is 0 Å². The number of aryl methyl sites for hydroxylation is 1. The van der Waals surface area contributed by atoms with Gasteiger partial charge in [0.25, 0.3) is 0 Å². The van der Waals surface area contributed by atoms with Gasteiger partial charge in [0.1, 0.15) is 0 Å². The van der Waals surface area contributed by atoms with Gasteiger partial charge in [-0.25, -0.2) is 4.39 Å². The molecule has 1 amide bonds. The molecule has 1 aliphatic heterocycles. The van der Waals surface area contributed by atoms with E-state index in [9.17, 15) is 9.18 Å². The molecule has 4 rings (SSSR count). The minimum Gasteiger partial charge on any atom is -0.494 e. The predicted octanol–water partition coefficient (Wildman–Crippen LogP) is 3.38. The molecule has 0 atom stereocenters. The third-order valence-electron chi connectivity index (χ3n) is 5.41. The first-order valence-corrected chi connectivity index (χ1v) is 9.95. The van der Waals surface area contributed by atoms with Crippen molar-refractivity contribution in [3.05, 3.63) is 71.2 Å². The Kier molecular flexibility index (Phi) is 5.81. The van der Waals surface area contributed by atoms with Crippen molar-refractivity contribution >= 4 is 5.91 Å². The van der Waals surface area contributed by atoms with E-state index in [2.05, 4.69) is 40.2 Å². The molecule has 0 aliphatic carbocycles. The zero-order valence-electron chi connectivity index (χ0n) is 17.2. The van der Waals surface area contributed by atoms with Crippen LogP contribution < -0.4 is 4.74 Å². The summed E-state index contributed by atoms with van der Waals surface area (Å²) in [6, 6.07) is 13.1. The number of aromatic nitrogens is 2. The Morgan fingerprint density at radius 3 is 2.77 bits per heavy atom. The number of carbonyl (C=O) groups is 1. The molecule has 7 heteroatoms. The van der Waals surface area contributed by atoms with Gasteiger partial charge in [0.05, 0.1) is 25.5 Å². The molecule has 6 nitrogen and oxygen atoms in total. The molecule has 1 fully saturated rings. The van der Waals surface area contributed by atoms with Gasteiger partial charge >= 0.3 is 0 Å². The van der Waals surface area contributed by atoms with Crippen molar-refractivity contribution in [2.24, 2.45) is 0 Å². The molecule has 2 aromatic carbocycles. The fourth-order valence-corrected chi connectivity index (χ4v) is 3.83. The molecule has 156 valence electrons. The number of benzene rings is 2. The van der Waals surface area contributed by atoms with Crippen LogP contribution in [0.3, 0.4) is 0 Å². The fourth-order valence-electron chi connectivity index (χ4n) is 3.83. The lowest BCUT2D eigenvalue weighted by Crippen LogP contribution is -2.49. The average molecular weight is 408 g/mol. The topological polar surface area (TPSA) is 61.5 Å². The Labute approximate surface area is 175 Å². The van der Waals surface area contributed by atoms with E-state index < -0.39 is 5.82 Å². The zero-order chi connectivity index (χ0) is 21.1. The summed E-state index contributed by atoms with van der Waals surface area (Å²) >= 11 is 0. The number of nitrogens with one attached hydrogen (secondary N) is 1. The summed E-state index contributed by atoms with van der Waals surface area (Å²) in [6.07, 6.45) is 1.74. The van der Waals surface area contributed by atoms with Crippen LogP contribution in [0.25, 0.3) is 11.3 Å². The summed E-state index contributed by atoms with van der Waals surface area (Å²) in [4.78, 5) is 16.7. The average Bonchev–Trinajstić information content (AvgIpc) is 3.18. The largest absolute Gasteiger partial charge is 0.494 e. The Morgan fingerprint density at radius 1 is 1.17 bits per heavy atom. The van der Waals surface area contributed by atoms with Crippen molar-refractivity contribution in [3.63, 3.8) is 0 Å². The van der Waals surface area contributed by atoms with E-state index in [1.807, 2.05) is 11.0 Å². The first-order chi connectivity index (χ1) is 14.5. The third kappa shape index (κ3) is 4.36. The lowest BCUT2D eigenvalue weighted by molar-refractivity contribution is -0.136. The number of piperazine rings is 1. The normalized spacial score (nSPS) is 14.9. The number of aromatic amines is 1. The quantitative estimate of drug-likeness (QED) is 0.679. The molecule has 1 aliphatic rings. The molecule has 3 aromatic rings. The van der Waals surface area contributed by atoms with Gasteiger partial charge in [-0.05, 0) is 30.7 Å². The Morgan fingerprint density at radius 2 is 2.03 bits per heavy atom. The smallest absolute Gasteiger partial charge is 0.237 e. The Balaban J connectivity index is 1.41. The van der Waals surface area contributed by atoms with Crippen molar-refractivity contribution < 1.29 is 13.9 Å². The van der Waals surface area contributed by atoms with Gasteiger partial charge in [0, 0.05) is 37.3 Å². The fraction of sp³-hybridized carbons (Fsp3) is 0.304. The minimum atomic E-state index is -0.421. The molecule has 1 saturated heterocycles. The molecule has 0 bridgehead atoms. The van der Waals surface area contributed by atoms with Gasteiger partial charge < -0.3 is 9.64 Å². The monoisotopic (exact) mass is 408 g/mol. The highest BCUT2D eigenvalue weighted by atomic mass is 19.1. The van der Waals surface area contributed by atoms with Gasteiger partial charge in [0.15, 0.2) is 11.6 Å². The van der Waals surface area contributed by atoms with Crippen molar-refractivity contribution in [1.29, 1.82) is 0 Å². The number of hydrogen-bond acceptors (Lipinski definition) is 4. The molecule has 0 saturated carbocycles. The van der Waals surface area contributed by atoms with Crippen LogP contribution >= 0.6 is 0 Å². The van der Waals surface area contributed by atoms with E-state index in [4.69, 9.17) is 4.74 Å². The van der Waals surface area contributed by atoms with E-state index in [1.165, 1.54) is 18.7 Å². The van der Waals surface area contributed by atoms with Crippen LogP contribution in [-0.4, -0.2) is 52.6 Å². The van der Waals surface area contributed by atoms with Gasteiger partial charge in [-0.1, -0.05) is 29.8 Å². The maximum absolute atomic E-state index is 14.1. The second-order valence-electron chi connectivity index (χ2n) is 7.63. The lowest BCUT2D eigenvalue weighted by Gasteiger charge is -2.34. The van der Waals surface area contributed by atoms with E-state index in [0.29, 0.717) is 31.7 Å². The highest BCUT2D eigenvalue weighted by Crippen LogP contribution is 2.27. The van der Waals surface area contributed by atoms with Crippen LogP contribution in [0.15, 0.2) is 48.7 Å². The lowest BCUT2D eigenvalue weighted by atomic mass is 10.1. The van der Waals surface area contributed by atoms with Gasteiger partial charge in [-0.2, -0.15) is 5.10 Å². The van der Waals surface area contributed by atoms with E-state index in [-0.39, 0.29) is 11.7 Å². The van der Waals surface area contributed by atoms with E-state index in [0.717, 1.165) is 23.4 Å². The number of methoxy groups -OCH3 is 1. The molecular formula is C23H25FN4O2. The first kappa shape index (κ1) is 20.1. The number of ether oxygens (including phenoxy) is 1. The molecule has 1 aromatic heterocycles. The summed E-state index contributed by atoms with van der Waals surface area (Å²) in [5, 5.41) is 7.09. The second kappa shape index (κ2) is 8.67. The zero-order valence-corrected chi connectivity index (χ0v) is 17.2. The third-order valence-corrected chi connectivity index (χ3v) is 5.41. The van der Waals surface area contributed by atoms with Gasteiger partial charge in [0.2, 0.25) is 5.91 Å². The van der Waals surface area contributed by atoms with Crippen molar-refractivity contribution in [2.75, 3.05) is 26.7 Å². The second-order valence-corrected chi connectivity index (χ2v) is 7.63. The van der Waals surface area contributed by atoms with Crippen LogP contribution in [0.1, 0.15) is 16.7 Å². The number of hydrogen-bond donors (Lipinski definition) is 1. The molecule has 1 N–H and O–H groups in total. The highest BCUT2D eigenvalue weighted by Gasteiger charge is 2.25. The van der Waals surface area contributed by atoms with Crippen molar-refractivity contribution in [3.8, 4) is 17.0 Å². The Bertz CT molecular complexity index is 1050. The maximum atomic E-state index is 14.1. The molecule has 2 heterocycles. The van der Waals surface area contributed by atoms with Crippen LogP contribution in [0.2, 0.25) is 0 Å². The van der Waals surface area contributed by atoms with Crippen molar-refractivity contribution in [2.45, 2.75) is 20.0 Å². The number of halogens is 1. The summed E-state index contributed by atoms with van der Waals surface area (Å²) in [5.41, 5.74) is 4.73. The van der Waals surface area contributed by atoms with E-state index in [1.54, 1.807) is 18.3 Å². The van der Waals surface area contributed by atoms with Gasteiger partial charge in [-0.15, -0.1) is 0 Å². The number of carbonyl (C=O) groups excluding carboxylic acids is 1. The van der Waals surface area contributed by atoms with Crippen LogP contribution in [0.5, 0.6) is 5.75 Å². The molecule has 0 unspecified atom stereocenters. The molecule has 0 radical (unpaired) electrons. The molecular weight excluding hydrogens is 383 g/mol. The highest BCUT2D eigenvalue weighted by molar-refractivity contribution is 5.79. The number of rotatable bonds is 6. The summed E-state index contributed by atoms with van der Waals surface area (Å²) in [7, 11) is 1.44. The first-order valence-electron chi connectivity index (χ1n) is 9.95. The van der Waals surface area contributed by atoms with Crippen LogP contribution in [0.4, 0.5) is 4.39 Å².